The molecule has 104 valence electrons. The predicted molar refractivity (Wildman–Crippen MR) is 79.4 cm³/mol. The van der Waals surface area contributed by atoms with Gasteiger partial charge in [-0.3, -0.25) is 4.79 Å². The van der Waals surface area contributed by atoms with E-state index in [9.17, 15) is 4.79 Å². The van der Waals surface area contributed by atoms with Gasteiger partial charge in [0.25, 0.3) is 0 Å². The Balaban J connectivity index is 3.02. The van der Waals surface area contributed by atoms with Crippen molar-refractivity contribution in [2.75, 3.05) is 6.54 Å². The van der Waals surface area contributed by atoms with Crippen LogP contribution in [0.15, 0.2) is 0 Å². The van der Waals surface area contributed by atoms with Crippen LogP contribution in [0.1, 0.15) is 59.3 Å². The summed E-state index contributed by atoms with van der Waals surface area (Å²) in [4.78, 5) is 15.1. The normalized spacial score (nSPS) is 19.3. The first kappa shape index (κ1) is 15.4. The Morgan fingerprint density at radius 3 is 2.11 bits per heavy atom. The van der Waals surface area contributed by atoms with Crippen molar-refractivity contribution in [3.63, 3.8) is 0 Å². The Morgan fingerprint density at radius 1 is 1.28 bits per heavy atom. The molecule has 0 aliphatic heterocycles. The molecule has 0 spiro atoms. The molecule has 0 atom stereocenters. The highest BCUT2D eigenvalue weighted by molar-refractivity contribution is 7.80. The fourth-order valence-electron chi connectivity index (χ4n) is 2.92. The number of amides is 1. The van der Waals surface area contributed by atoms with Gasteiger partial charge in [-0.2, -0.15) is 0 Å². The van der Waals surface area contributed by atoms with Crippen molar-refractivity contribution in [1.82, 2.24) is 4.90 Å². The van der Waals surface area contributed by atoms with Gasteiger partial charge in [-0.15, -0.1) is 0 Å². The quantitative estimate of drug-likeness (QED) is 0.631. The molecule has 1 aliphatic rings. The molecule has 1 rings (SSSR count). The number of rotatable bonds is 4. The summed E-state index contributed by atoms with van der Waals surface area (Å²) >= 11 is 5.25. The first-order chi connectivity index (χ1) is 8.45. The van der Waals surface area contributed by atoms with Crippen molar-refractivity contribution in [3.8, 4) is 0 Å². The van der Waals surface area contributed by atoms with Gasteiger partial charge in [-0.1, -0.05) is 37.9 Å². The zero-order chi connectivity index (χ0) is 13.8. The summed E-state index contributed by atoms with van der Waals surface area (Å²) in [6.07, 6.45) is 6.13. The average molecular weight is 270 g/mol. The third kappa shape index (κ3) is 3.02. The van der Waals surface area contributed by atoms with Crippen LogP contribution in [0, 0.1) is 5.41 Å². The molecule has 0 aromatic heterocycles. The molecule has 18 heavy (non-hydrogen) atoms. The smallest absolute Gasteiger partial charge is 0.235 e. The second-order valence-electron chi connectivity index (χ2n) is 5.55. The van der Waals surface area contributed by atoms with Gasteiger partial charge >= 0.3 is 0 Å². The first-order valence-corrected chi connectivity index (χ1v) is 7.47. The second-order valence-corrected chi connectivity index (χ2v) is 5.99. The zero-order valence-electron chi connectivity index (χ0n) is 11.9. The molecule has 0 unspecified atom stereocenters. The van der Waals surface area contributed by atoms with Crippen LogP contribution in [-0.4, -0.2) is 28.4 Å². The van der Waals surface area contributed by atoms with Gasteiger partial charge in [0.15, 0.2) is 0 Å². The number of carbonyl (C=O) groups is 1. The third-order valence-electron chi connectivity index (χ3n) is 4.06. The number of carbonyl (C=O) groups excluding carboxylic acids is 1. The van der Waals surface area contributed by atoms with Gasteiger partial charge < -0.3 is 10.6 Å². The SMILES string of the molecule is CCN(C(=O)C1(C(N)=S)CCCCCC1)C(C)C. The van der Waals surface area contributed by atoms with E-state index in [0.29, 0.717) is 4.99 Å². The third-order valence-corrected chi connectivity index (χ3v) is 4.45. The lowest BCUT2D eigenvalue weighted by atomic mass is 9.78. The summed E-state index contributed by atoms with van der Waals surface area (Å²) in [7, 11) is 0. The number of hydrogen-bond donors (Lipinski definition) is 1. The van der Waals surface area contributed by atoms with E-state index in [2.05, 4.69) is 0 Å². The largest absolute Gasteiger partial charge is 0.392 e. The Kier molecular flexibility index (Phi) is 5.57. The average Bonchev–Trinajstić information content (AvgIpc) is 2.55. The maximum absolute atomic E-state index is 12.8. The fourth-order valence-corrected chi connectivity index (χ4v) is 3.21. The van der Waals surface area contributed by atoms with Crippen molar-refractivity contribution in [2.45, 2.75) is 65.3 Å². The molecule has 1 aliphatic carbocycles. The highest BCUT2D eigenvalue weighted by Crippen LogP contribution is 2.37. The van der Waals surface area contributed by atoms with Gasteiger partial charge in [-0.25, -0.2) is 0 Å². The van der Waals surface area contributed by atoms with Crippen LogP contribution >= 0.6 is 12.2 Å². The van der Waals surface area contributed by atoms with Crippen LogP contribution in [0.5, 0.6) is 0 Å². The van der Waals surface area contributed by atoms with Gasteiger partial charge in [0.1, 0.15) is 0 Å². The molecule has 3 nitrogen and oxygen atoms in total. The Bertz CT molecular complexity index is 307. The van der Waals surface area contributed by atoms with Crippen molar-refractivity contribution >= 4 is 23.1 Å². The predicted octanol–water partition coefficient (Wildman–Crippen LogP) is 2.87. The molecule has 0 radical (unpaired) electrons. The van der Waals surface area contributed by atoms with Gasteiger partial charge in [0.2, 0.25) is 5.91 Å². The van der Waals surface area contributed by atoms with E-state index in [1.165, 1.54) is 12.8 Å². The summed E-state index contributed by atoms with van der Waals surface area (Å²) in [5.41, 5.74) is 5.37. The first-order valence-electron chi connectivity index (χ1n) is 7.06. The van der Waals surface area contributed by atoms with Gasteiger partial charge in [-0.05, 0) is 33.6 Å². The zero-order valence-corrected chi connectivity index (χ0v) is 12.7. The van der Waals surface area contributed by atoms with E-state index >= 15 is 0 Å². The molecule has 0 heterocycles. The molecular weight excluding hydrogens is 244 g/mol. The topological polar surface area (TPSA) is 46.3 Å². The molecule has 0 aromatic carbocycles. The van der Waals surface area contributed by atoms with Crippen LogP contribution in [0.2, 0.25) is 0 Å². The molecule has 0 saturated heterocycles. The van der Waals surface area contributed by atoms with Crippen molar-refractivity contribution in [3.05, 3.63) is 0 Å². The number of nitrogens with two attached hydrogens (primary N) is 1. The molecule has 2 N–H and O–H groups in total. The summed E-state index contributed by atoms with van der Waals surface area (Å²) in [5, 5.41) is 0. The van der Waals surface area contributed by atoms with E-state index in [4.69, 9.17) is 18.0 Å². The summed E-state index contributed by atoms with van der Waals surface area (Å²) in [6, 6.07) is 0.206. The Labute approximate surface area is 116 Å². The van der Waals surface area contributed by atoms with Gasteiger partial charge in [0, 0.05) is 12.6 Å². The van der Waals surface area contributed by atoms with Crippen LogP contribution in [-0.2, 0) is 4.79 Å². The minimum absolute atomic E-state index is 0.148. The summed E-state index contributed by atoms with van der Waals surface area (Å²) in [6.45, 7) is 6.83. The molecule has 0 bridgehead atoms. The van der Waals surface area contributed by atoms with E-state index in [1.54, 1.807) is 0 Å². The molecule has 0 aromatic rings. The number of nitrogens with zero attached hydrogens (tertiary/aromatic N) is 1. The minimum Gasteiger partial charge on any atom is -0.392 e. The molecule has 4 heteroatoms. The lowest BCUT2D eigenvalue weighted by Crippen LogP contribution is -2.52. The summed E-state index contributed by atoms with van der Waals surface area (Å²) in [5.74, 6) is 0.148. The lowest BCUT2D eigenvalue weighted by molar-refractivity contribution is -0.140. The monoisotopic (exact) mass is 270 g/mol. The van der Waals surface area contributed by atoms with Crippen molar-refractivity contribution in [2.24, 2.45) is 11.1 Å². The van der Waals surface area contributed by atoms with Crippen LogP contribution in [0.4, 0.5) is 0 Å². The number of thiocarbonyl (C=S) groups is 1. The van der Waals surface area contributed by atoms with E-state index in [-0.39, 0.29) is 11.9 Å². The number of hydrogen-bond acceptors (Lipinski definition) is 2. The fraction of sp³-hybridized carbons (Fsp3) is 0.857. The maximum Gasteiger partial charge on any atom is 0.235 e. The molecular formula is C14H26N2OS. The van der Waals surface area contributed by atoms with E-state index in [0.717, 1.165) is 32.2 Å². The van der Waals surface area contributed by atoms with E-state index in [1.807, 2.05) is 25.7 Å². The van der Waals surface area contributed by atoms with Gasteiger partial charge in [0.05, 0.1) is 10.4 Å². The van der Waals surface area contributed by atoms with Crippen molar-refractivity contribution < 1.29 is 4.79 Å². The standard InChI is InChI=1S/C14H26N2OS/c1-4-16(11(2)3)13(17)14(12(15)18)9-7-5-6-8-10-14/h11H,4-10H2,1-3H3,(H2,15,18). The lowest BCUT2D eigenvalue weighted by Gasteiger charge is -2.37. The molecule has 1 saturated carbocycles. The van der Waals surface area contributed by atoms with Crippen LogP contribution in [0.25, 0.3) is 0 Å². The summed E-state index contributed by atoms with van der Waals surface area (Å²) < 4.78 is 0. The molecule has 1 fully saturated rings. The Hall–Kier alpha value is -0.640. The minimum atomic E-state index is -0.577. The van der Waals surface area contributed by atoms with E-state index < -0.39 is 5.41 Å². The second kappa shape index (κ2) is 6.50. The maximum atomic E-state index is 12.8. The highest BCUT2D eigenvalue weighted by atomic mass is 32.1. The van der Waals surface area contributed by atoms with Crippen LogP contribution < -0.4 is 5.73 Å². The Morgan fingerprint density at radius 2 is 1.78 bits per heavy atom. The van der Waals surface area contributed by atoms with Crippen LogP contribution in [0.3, 0.4) is 0 Å². The highest BCUT2D eigenvalue weighted by Gasteiger charge is 2.44. The molecule has 1 amide bonds. The van der Waals surface area contributed by atoms with Crippen molar-refractivity contribution in [1.29, 1.82) is 0 Å².